The smallest absolute Gasteiger partial charge is 0.129 e. The van der Waals surface area contributed by atoms with E-state index in [1.165, 1.54) is 6.07 Å². The lowest BCUT2D eigenvalue weighted by Gasteiger charge is -2.22. The number of halogens is 1. The van der Waals surface area contributed by atoms with Gasteiger partial charge in [-0.2, -0.15) is 0 Å². The summed E-state index contributed by atoms with van der Waals surface area (Å²) in [6.07, 6.45) is 1.27. The van der Waals surface area contributed by atoms with Crippen molar-refractivity contribution in [1.29, 1.82) is 0 Å². The summed E-state index contributed by atoms with van der Waals surface area (Å²) in [5.74, 6) is -0.141. The normalized spacial score (nSPS) is 19.9. The van der Waals surface area contributed by atoms with Crippen molar-refractivity contribution in [3.63, 3.8) is 0 Å². The van der Waals surface area contributed by atoms with Crippen LogP contribution in [0.3, 0.4) is 0 Å². The van der Waals surface area contributed by atoms with Crippen LogP contribution in [-0.4, -0.2) is 33.4 Å². The molecule has 0 spiro atoms. The van der Waals surface area contributed by atoms with Crippen molar-refractivity contribution in [3.8, 4) is 0 Å². The molecule has 1 saturated heterocycles. The predicted octanol–water partition coefficient (Wildman–Crippen LogP) is 1.77. The summed E-state index contributed by atoms with van der Waals surface area (Å²) in [4.78, 5) is 2.20. The highest BCUT2D eigenvalue weighted by atomic mass is 19.1. The number of ether oxygens (including phenoxy) is 1. The monoisotopic (exact) mass is 238 g/mol. The Morgan fingerprint density at radius 2 is 2.35 bits per heavy atom. The zero-order valence-corrected chi connectivity index (χ0v) is 10.4. The second-order valence-electron chi connectivity index (χ2n) is 4.36. The first kappa shape index (κ1) is 12.3. The van der Waals surface area contributed by atoms with Crippen molar-refractivity contribution in [1.82, 2.24) is 5.32 Å². The molecule has 17 heavy (non-hydrogen) atoms. The lowest BCUT2D eigenvalue weighted by molar-refractivity contribution is 0.121. The molecule has 1 fully saturated rings. The Labute approximate surface area is 102 Å². The predicted molar refractivity (Wildman–Crippen MR) is 66.8 cm³/mol. The van der Waals surface area contributed by atoms with Gasteiger partial charge in [0.05, 0.1) is 6.10 Å². The van der Waals surface area contributed by atoms with Crippen molar-refractivity contribution in [3.05, 3.63) is 29.6 Å². The minimum Gasteiger partial charge on any atom is -0.380 e. The average Bonchev–Trinajstić information content (AvgIpc) is 2.80. The highest BCUT2D eigenvalue weighted by Crippen LogP contribution is 2.27. The first-order valence-corrected chi connectivity index (χ1v) is 5.96. The van der Waals surface area contributed by atoms with Crippen molar-refractivity contribution in [2.45, 2.75) is 19.1 Å². The van der Waals surface area contributed by atoms with E-state index in [1.807, 2.05) is 13.1 Å². The molecule has 1 aliphatic heterocycles. The van der Waals surface area contributed by atoms with Gasteiger partial charge in [0.1, 0.15) is 5.82 Å². The molecule has 1 unspecified atom stereocenters. The van der Waals surface area contributed by atoms with E-state index < -0.39 is 0 Å². The Bertz CT molecular complexity index is 384. The molecule has 1 N–H and O–H groups in total. The molecular formula is C13H19FN2O. The maximum absolute atomic E-state index is 13.8. The van der Waals surface area contributed by atoms with Crippen molar-refractivity contribution in [2.24, 2.45) is 0 Å². The highest BCUT2D eigenvalue weighted by molar-refractivity contribution is 5.55. The molecule has 1 aromatic carbocycles. The highest BCUT2D eigenvalue weighted by Gasteiger charge is 2.24. The Balaban J connectivity index is 2.23. The van der Waals surface area contributed by atoms with Gasteiger partial charge in [-0.15, -0.1) is 0 Å². The van der Waals surface area contributed by atoms with Gasteiger partial charge < -0.3 is 15.0 Å². The number of anilines is 1. The molecule has 1 heterocycles. The van der Waals surface area contributed by atoms with Crippen LogP contribution in [0.2, 0.25) is 0 Å². The van der Waals surface area contributed by atoms with E-state index in [0.29, 0.717) is 6.54 Å². The van der Waals surface area contributed by atoms with E-state index in [1.54, 1.807) is 13.2 Å². The van der Waals surface area contributed by atoms with Gasteiger partial charge in [-0.25, -0.2) is 4.39 Å². The third-order valence-corrected chi connectivity index (χ3v) is 3.27. The third-order valence-electron chi connectivity index (χ3n) is 3.27. The topological polar surface area (TPSA) is 24.5 Å². The third kappa shape index (κ3) is 2.58. The van der Waals surface area contributed by atoms with Gasteiger partial charge in [0, 0.05) is 38.0 Å². The van der Waals surface area contributed by atoms with Gasteiger partial charge in [0.15, 0.2) is 0 Å². The fourth-order valence-electron chi connectivity index (χ4n) is 2.33. The number of methoxy groups -OCH3 is 1. The number of nitrogens with one attached hydrogen (secondary N) is 1. The number of hydrogen-bond acceptors (Lipinski definition) is 3. The molecule has 0 amide bonds. The van der Waals surface area contributed by atoms with Crippen LogP contribution in [0, 0.1) is 5.82 Å². The largest absolute Gasteiger partial charge is 0.380 e. The van der Waals surface area contributed by atoms with Crippen LogP contribution in [0.1, 0.15) is 12.0 Å². The molecule has 0 saturated carbocycles. The second kappa shape index (κ2) is 5.47. The Kier molecular flexibility index (Phi) is 3.97. The zero-order chi connectivity index (χ0) is 12.3. The van der Waals surface area contributed by atoms with Crippen LogP contribution in [-0.2, 0) is 11.3 Å². The lowest BCUT2D eigenvalue weighted by Crippen LogP contribution is -2.24. The van der Waals surface area contributed by atoms with Crippen LogP contribution in [0.15, 0.2) is 18.2 Å². The van der Waals surface area contributed by atoms with Crippen LogP contribution in [0.4, 0.5) is 10.1 Å². The van der Waals surface area contributed by atoms with E-state index in [-0.39, 0.29) is 11.9 Å². The fraction of sp³-hybridized carbons (Fsp3) is 0.538. The number of rotatable bonds is 4. The first-order chi connectivity index (χ1) is 8.26. The maximum atomic E-state index is 13.8. The zero-order valence-electron chi connectivity index (χ0n) is 10.4. The SMILES string of the molecule is CNCc1c(F)cccc1N1CCC(OC)C1. The molecule has 0 radical (unpaired) electrons. The van der Waals surface area contributed by atoms with Crippen LogP contribution < -0.4 is 10.2 Å². The number of hydrogen-bond donors (Lipinski definition) is 1. The minimum atomic E-state index is -0.141. The van der Waals surface area contributed by atoms with E-state index in [2.05, 4.69) is 10.2 Å². The first-order valence-electron chi connectivity index (χ1n) is 5.96. The molecule has 0 aromatic heterocycles. The summed E-state index contributed by atoms with van der Waals surface area (Å²) in [6.45, 7) is 2.32. The molecule has 1 aromatic rings. The molecule has 1 aliphatic rings. The minimum absolute atomic E-state index is 0.141. The number of nitrogens with zero attached hydrogens (tertiary/aromatic N) is 1. The Morgan fingerprint density at radius 1 is 1.53 bits per heavy atom. The van der Waals surface area contributed by atoms with Crippen molar-refractivity contribution < 1.29 is 9.13 Å². The van der Waals surface area contributed by atoms with Gasteiger partial charge >= 0.3 is 0 Å². The van der Waals surface area contributed by atoms with Gasteiger partial charge in [0.2, 0.25) is 0 Å². The Morgan fingerprint density at radius 3 is 3.00 bits per heavy atom. The summed E-state index contributed by atoms with van der Waals surface area (Å²) < 4.78 is 19.1. The van der Waals surface area contributed by atoms with Crippen molar-refractivity contribution >= 4 is 5.69 Å². The second-order valence-corrected chi connectivity index (χ2v) is 4.36. The molecular weight excluding hydrogens is 219 g/mol. The molecule has 2 rings (SSSR count). The van der Waals surface area contributed by atoms with Gasteiger partial charge in [-0.05, 0) is 25.6 Å². The lowest BCUT2D eigenvalue weighted by atomic mass is 10.1. The molecule has 3 nitrogen and oxygen atoms in total. The number of benzene rings is 1. The quantitative estimate of drug-likeness (QED) is 0.865. The van der Waals surface area contributed by atoms with Crippen molar-refractivity contribution in [2.75, 3.05) is 32.1 Å². The molecule has 0 aliphatic carbocycles. The van der Waals surface area contributed by atoms with Gasteiger partial charge in [0.25, 0.3) is 0 Å². The fourth-order valence-corrected chi connectivity index (χ4v) is 2.33. The summed E-state index contributed by atoms with van der Waals surface area (Å²) in [7, 11) is 3.56. The van der Waals surface area contributed by atoms with Gasteiger partial charge in [-0.1, -0.05) is 6.07 Å². The molecule has 1 atom stereocenters. The maximum Gasteiger partial charge on any atom is 0.129 e. The average molecular weight is 238 g/mol. The summed E-state index contributed by atoms with van der Waals surface area (Å²) >= 11 is 0. The van der Waals surface area contributed by atoms with Crippen LogP contribution in [0.25, 0.3) is 0 Å². The van der Waals surface area contributed by atoms with E-state index in [0.717, 1.165) is 30.8 Å². The molecule has 0 bridgehead atoms. The van der Waals surface area contributed by atoms with Crippen LogP contribution >= 0.6 is 0 Å². The standard InChI is InChI=1S/C13H19FN2O/c1-15-8-11-12(14)4-3-5-13(11)16-7-6-10(9-16)17-2/h3-5,10,15H,6-9H2,1-2H3. The van der Waals surface area contributed by atoms with E-state index >= 15 is 0 Å². The van der Waals surface area contributed by atoms with E-state index in [4.69, 9.17) is 4.74 Å². The molecule has 4 heteroatoms. The molecule has 94 valence electrons. The van der Waals surface area contributed by atoms with Crippen LogP contribution in [0.5, 0.6) is 0 Å². The van der Waals surface area contributed by atoms with E-state index in [9.17, 15) is 4.39 Å². The Hall–Kier alpha value is -1.13. The summed E-state index contributed by atoms with van der Waals surface area (Å²) in [5, 5.41) is 3.02. The summed E-state index contributed by atoms with van der Waals surface area (Å²) in [5.41, 5.74) is 1.73. The van der Waals surface area contributed by atoms with Gasteiger partial charge in [-0.3, -0.25) is 0 Å². The summed E-state index contributed by atoms with van der Waals surface area (Å²) in [6, 6.07) is 5.26.